The second-order valence-electron chi connectivity index (χ2n) is 6.63. The van der Waals surface area contributed by atoms with Crippen LogP contribution in [-0.4, -0.2) is 45.4 Å². The number of benzene rings is 1. The summed E-state index contributed by atoms with van der Waals surface area (Å²) in [5.74, 6) is -1.77. The van der Waals surface area contributed by atoms with Crippen molar-refractivity contribution < 1.29 is 29.6 Å². The SMILES string of the molecule is Cc1cc(O)c2c(c1)/C=C/CC(O)C(O)C(=O)/C=C\[C@@H](C)[C@H](C)OC2=O. The number of hydrogen-bond acceptors (Lipinski definition) is 6. The monoisotopic (exact) mass is 360 g/mol. The molecular weight excluding hydrogens is 336 g/mol. The second kappa shape index (κ2) is 8.29. The van der Waals surface area contributed by atoms with Crippen LogP contribution in [0.4, 0.5) is 0 Å². The maximum Gasteiger partial charge on any atom is 0.342 e. The minimum absolute atomic E-state index is 0.00982. The van der Waals surface area contributed by atoms with Crippen molar-refractivity contribution in [3.05, 3.63) is 47.1 Å². The predicted molar refractivity (Wildman–Crippen MR) is 96.7 cm³/mol. The molecule has 1 aliphatic rings. The number of esters is 1. The van der Waals surface area contributed by atoms with Crippen LogP contribution in [0.1, 0.15) is 41.8 Å². The van der Waals surface area contributed by atoms with Crippen LogP contribution < -0.4 is 0 Å². The number of fused-ring (bicyclic) bond motifs is 1. The topological polar surface area (TPSA) is 104 Å². The highest BCUT2D eigenvalue weighted by atomic mass is 16.5. The molecule has 0 bridgehead atoms. The van der Waals surface area contributed by atoms with Gasteiger partial charge in [0.05, 0.1) is 6.10 Å². The van der Waals surface area contributed by atoms with E-state index >= 15 is 0 Å². The van der Waals surface area contributed by atoms with E-state index in [4.69, 9.17) is 4.74 Å². The van der Waals surface area contributed by atoms with Crippen LogP contribution in [0.15, 0.2) is 30.4 Å². The first-order chi connectivity index (χ1) is 12.2. The smallest absolute Gasteiger partial charge is 0.342 e. The number of phenols is 1. The van der Waals surface area contributed by atoms with Crippen molar-refractivity contribution in [3.63, 3.8) is 0 Å². The molecule has 0 aliphatic carbocycles. The third-order valence-corrected chi connectivity index (χ3v) is 4.42. The van der Waals surface area contributed by atoms with Crippen LogP contribution in [0.25, 0.3) is 6.08 Å². The van der Waals surface area contributed by atoms with Gasteiger partial charge in [-0.3, -0.25) is 4.79 Å². The van der Waals surface area contributed by atoms with Crippen LogP contribution in [0.2, 0.25) is 0 Å². The van der Waals surface area contributed by atoms with E-state index in [0.717, 1.165) is 5.56 Å². The van der Waals surface area contributed by atoms with Gasteiger partial charge in [-0.05, 0) is 43.5 Å². The molecule has 2 unspecified atom stereocenters. The van der Waals surface area contributed by atoms with Crippen LogP contribution >= 0.6 is 0 Å². The number of aryl methyl sites for hydroxylation is 1. The fourth-order valence-corrected chi connectivity index (χ4v) is 2.64. The molecule has 0 fully saturated rings. The van der Waals surface area contributed by atoms with Gasteiger partial charge in [-0.1, -0.05) is 31.2 Å². The van der Waals surface area contributed by atoms with Crippen LogP contribution in [-0.2, 0) is 9.53 Å². The van der Waals surface area contributed by atoms with E-state index in [-0.39, 0.29) is 23.7 Å². The molecule has 3 N–H and O–H groups in total. The Morgan fingerprint density at radius 2 is 1.81 bits per heavy atom. The molecule has 0 amide bonds. The fourth-order valence-electron chi connectivity index (χ4n) is 2.64. The average molecular weight is 360 g/mol. The molecule has 1 heterocycles. The molecule has 4 atom stereocenters. The number of carbonyl (C=O) groups excluding carboxylic acids is 2. The number of carbonyl (C=O) groups is 2. The summed E-state index contributed by atoms with van der Waals surface area (Å²) < 4.78 is 5.43. The molecule has 0 spiro atoms. The van der Waals surface area contributed by atoms with E-state index in [2.05, 4.69) is 0 Å². The van der Waals surface area contributed by atoms with Crippen molar-refractivity contribution in [2.75, 3.05) is 0 Å². The molecule has 26 heavy (non-hydrogen) atoms. The Morgan fingerprint density at radius 3 is 2.50 bits per heavy atom. The lowest BCUT2D eigenvalue weighted by atomic mass is 9.99. The molecule has 6 heteroatoms. The fraction of sp³-hybridized carbons (Fsp3) is 0.400. The Balaban J connectivity index is 2.48. The molecule has 1 aromatic carbocycles. The minimum Gasteiger partial charge on any atom is -0.507 e. The van der Waals surface area contributed by atoms with Gasteiger partial charge in [0.1, 0.15) is 23.5 Å². The lowest BCUT2D eigenvalue weighted by Crippen LogP contribution is -2.32. The standard InChI is InChI=1S/C20H24O6/c1-11-9-14-5-4-6-15(21)19(24)16(22)8-7-12(2)13(3)26-20(25)18(14)17(23)10-11/h4-5,7-10,12-13,15,19,21,23-24H,6H2,1-3H3/b5-4+,8-7-/t12-,13+,15?,19?/m1/s1. The van der Waals surface area contributed by atoms with Gasteiger partial charge in [0.2, 0.25) is 0 Å². The number of aromatic hydroxyl groups is 1. The summed E-state index contributed by atoms with van der Waals surface area (Å²) in [6.45, 7) is 5.21. The number of phenolic OH excluding ortho intramolecular Hbond substituents is 1. The van der Waals surface area contributed by atoms with Crippen molar-refractivity contribution in [1.82, 2.24) is 0 Å². The molecule has 1 aliphatic heterocycles. The average Bonchev–Trinajstić information content (AvgIpc) is 2.56. The van der Waals surface area contributed by atoms with Gasteiger partial charge in [-0.25, -0.2) is 4.79 Å². The van der Waals surface area contributed by atoms with E-state index in [1.165, 1.54) is 24.3 Å². The second-order valence-corrected chi connectivity index (χ2v) is 6.63. The highest BCUT2D eigenvalue weighted by molar-refractivity contribution is 5.97. The number of ether oxygens (including phenoxy) is 1. The van der Waals surface area contributed by atoms with Crippen molar-refractivity contribution in [2.45, 2.75) is 45.5 Å². The number of aliphatic hydroxyl groups excluding tert-OH is 2. The lowest BCUT2D eigenvalue weighted by Gasteiger charge is -2.20. The molecule has 0 radical (unpaired) electrons. The van der Waals surface area contributed by atoms with Crippen molar-refractivity contribution in [3.8, 4) is 5.75 Å². The summed E-state index contributed by atoms with van der Waals surface area (Å²) in [5.41, 5.74) is 1.23. The highest BCUT2D eigenvalue weighted by Gasteiger charge is 2.24. The van der Waals surface area contributed by atoms with Gasteiger partial charge in [0.25, 0.3) is 0 Å². The molecular formula is C20H24O6. The van der Waals surface area contributed by atoms with E-state index < -0.39 is 30.1 Å². The zero-order valence-electron chi connectivity index (χ0n) is 15.0. The molecule has 0 saturated carbocycles. The van der Waals surface area contributed by atoms with Crippen molar-refractivity contribution in [2.24, 2.45) is 5.92 Å². The molecule has 2 rings (SSSR count). The number of aliphatic hydroxyl groups is 2. The number of ketones is 1. The first-order valence-corrected chi connectivity index (χ1v) is 8.50. The highest BCUT2D eigenvalue weighted by Crippen LogP contribution is 2.27. The van der Waals surface area contributed by atoms with E-state index in [1.54, 1.807) is 32.9 Å². The van der Waals surface area contributed by atoms with Gasteiger partial charge in [-0.2, -0.15) is 0 Å². The predicted octanol–water partition coefficient (Wildman–Crippen LogP) is 2.15. The van der Waals surface area contributed by atoms with Gasteiger partial charge in [0.15, 0.2) is 5.78 Å². The van der Waals surface area contributed by atoms with Crippen molar-refractivity contribution in [1.29, 1.82) is 0 Å². The summed E-state index contributed by atoms with van der Waals surface area (Å²) in [5, 5.41) is 30.1. The number of cyclic esters (lactones) is 1. The van der Waals surface area contributed by atoms with E-state index in [1.807, 2.05) is 0 Å². The quantitative estimate of drug-likeness (QED) is 0.613. The number of hydrogen-bond donors (Lipinski definition) is 3. The zero-order valence-corrected chi connectivity index (χ0v) is 15.0. The molecule has 0 aromatic heterocycles. The van der Waals surface area contributed by atoms with Crippen molar-refractivity contribution >= 4 is 17.8 Å². The summed E-state index contributed by atoms with van der Waals surface area (Å²) >= 11 is 0. The third kappa shape index (κ3) is 4.59. The Labute approximate surface area is 152 Å². The summed E-state index contributed by atoms with van der Waals surface area (Å²) in [7, 11) is 0. The van der Waals surface area contributed by atoms with E-state index in [0.29, 0.717) is 5.56 Å². The van der Waals surface area contributed by atoms with Gasteiger partial charge in [-0.15, -0.1) is 0 Å². The molecule has 0 saturated heterocycles. The van der Waals surface area contributed by atoms with Gasteiger partial charge in [0, 0.05) is 5.92 Å². The molecule has 6 nitrogen and oxygen atoms in total. The van der Waals surface area contributed by atoms with Crippen LogP contribution in [0, 0.1) is 12.8 Å². The minimum atomic E-state index is -1.53. The Hall–Kier alpha value is -2.44. The van der Waals surface area contributed by atoms with Crippen LogP contribution in [0.3, 0.4) is 0 Å². The number of rotatable bonds is 0. The molecule has 1 aromatic rings. The Morgan fingerprint density at radius 1 is 1.12 bits per heavy atom. The zero-order chi connectivity index (χ0) is 19.4. The van der Waals surface area contributed by atoms with Crippen LogP contribution in [0.5, 0.6) is 5.75 Å². The van der Waals surface area contributed by atoms with Gasteiger partial charge >= 0.3 is 5.97 Å². The summed E-state index contributed by atoms with van der Waals surface area (Å²) in [6, 6.07) is 3.18. The normalized spacial score (nSPS) is 30.0. The summed E-state index contributed by atoms with van der Waals surface area (Å²) in [6.07, 6.45) is 2.44. The maximum absolute atomic E-state index is 12.5. The Kier molecular flexibility index (Phi) is 6.34. The summed E-state index contributed by atoms with van der Waals surface area (Å²) in [4.78, 5) is 24.5. The molecule has 140 valence electrons. The first-order valence-electron chi connectivity index (χ1n) is 8.50. The third-order valence-electron chi connectivity index (χ3n) is 4.42. The lowest BCUT2D eigenvalue weighted by molar-refractivity contribution is -0.127. The first kappa shape index (κ1) is 19.9. The van der Waals surface area contributed by atoms with E-state index in [9.17, 15) is 24.9 Å². The maximum atomic E-state index is 12.5. The van der Waals surface area contributed by atoms with Gasteiger partial charge < -0.3 is 20.1 Å². The Bertz CT molecular complexity index is 749. The largest absolute Gasteiger partial charge is 0.507 e.